The molecule has 0 unspecified atom stereocenters. The first-order valence-corrected chi connectivity index (χ1v) is 5.06. The molecule has 1 amide bonds. The highest BCUT2D eigenvalue weighted by atomic mass is 16.2. The second-order valence-electron chi connectivity index (χ2n) is 3.50. The van der Waals surface area contributed by atoms with Crippen LogP contribution in [-0.4, -0.2) is 23.9 Å². The molecule has 1 fully saturated rings. The van der Waals surface area contributed by atoms with Gasteiger partial charge in [-0.3, -0.25) is 4.79 Å². The molecule has 72 valence electrons. The van der Waals surface area contributed by atoms with Gasteiger partial charge in [0.2, 0.25) is 5.91 Å². The number of hydrogen-bond donors (Lipinski definition) is 0. The number of carbonyl (C=O) groups is 1. The molecule has 0 bridgehead atoms. The molecule has 0 atom stereocenters. The summed E-state index contributed by atoms with van der Waals surface area (Å²) in [6.45, 7) is 1.93. The smallest absolute Gasteiger partial charge is 0.222 e. The van der Waals surface area contributed by atoms with E-state index in [4.69, 9.17) is 6.42 Å². The molecule has 2 nitrogen and oxygen atoms in total. The van der Waals surface area contributed by atoms with Crippen LogP contribution in [0.2, 0.25) is 0 Å². The van der Waals surface area contributed by atoms with Crippen LogP contribution < -0.4 is 0 Å². The molecule has 0 spiro atoms. The predicted octanol–water partition coefficient (Wildman–Crippen LogP) is 1.80. The zero-order valence-electron chi connectivity index (χ0n) is 8.09. The number of carbonyl (C=O) groups excluding carboxylic acids is 1. The van der Waals surface area contributed by atoms with Crippen LogP contribution in [0.3, 0.4) is 0 Å². The topological polar surface area (TPSA) is 20.3 Å². The van der Waals surface area contributed by atoms with Gasteiger partial charge in [0.1, 0.15) is 0 Å². The molecule has 0 aliphatic carbocycles. The summed E-state index contributed by atoms with van der Waals surface area (Å²) in [5.74, 6) is 2.90. The van der Waals surface area contributed by atoms with Crippen LogP contribution >= 0.6 is 0 Å². The first-order chi connectivity index (χ1) is 6.34. The van der Waals surface area contributed by atoms with Crippen LogP contribution in [0.15, 0.2) is 0 Å². The van der Waals surface area contributed by atoms with Crippen LogP contribution in [0.1, 0.15) is 38.5 Å². The Morgan fingerprint density at radius 3 is 2.62 bits per heavy atom. The summed E-state index contributed by atoms with van der Waals surface area (Å²) in [6.07, 6.45) is 10.9. The average molecular weight is 179 g/mol. The van der Waals surface area contributed by atoms with Gasteiger partial charge in [0, 0.05) is 25.9 Å². The summed E-state index contributed by atoms with van der Waals surface area (Å²) >= 11 is 0. The van der Waals surface area contributed by atoms with E-state index in [1.807, 2.05) is 4.90 Å². The van der Waals surface area contributed by atoms with E-state index >= 15 is 0 Å². The summed E-state index contributed by atoms with van der Waals surface area (Å²) in [5.41, 5.74) is 0. The lowest BCUT2D eigenvalue weighted by Crippen LogP contribution is -2.27. The van der Waals surface area contributed by atoms with Gasteiger partial charge >= 0.3 is 0 Å². The quantitative estimate of drug-likeness (QED) is 0.476. The number of terminal acetylenes is 1. The number of unbranched alkanes of at least 4 members (excludes halogenated alkanes) is 2. The molecular weight excluding hydrogens is 162 g/mol. The summed E-state index contributed by atoms with van der Waals surface area (Å²) in [4.78, 5) is 13.5. The highest BCUT2D eigenvalue weighted by Crippen LogP contribution is 2.10. The van der Waals surface area contributed by atoms with Crippen molar-refractivity contribution < 1.29 is 4.79 Å². The first kappa shape index (κ1) is 10.1. The Bertz CT molecular complexity index is 199. The van der Waals surface area contributed by atoms with Gasteiger partial charge in [-0.2, -0.15) is 0 Å². The van der Waals surface area contributed by atoms with Crippen LogP contribution in [0.4, 0.5) is 0 Å². The Kier molecular flexibility index (Phi) is 4.39. The van der Waals surface area contributed by atoms with Crippen molar-refractivity contribution in [3.63, 3.8) is 0 Å². The van der Waals surface area contributed by atoms with Gasteiger partial charge in [0.25, 0.3) is 0 Å². The minimum absolute atomic E-state index is 0.314. The fourth-order valence-electron chi connectivity index (χ4n) is 1.63. The van der Waals surface area contributed by atoms with Gasteiger partial charge in [0.15, 0.2) is 0 Å². The first-order valence-electron chi connectivity index (χ1n) is 5.06. The van der Waals surface area contributed by atoms with Crippen LogP contribution in [-0.2, 0) is 4.79 Å². The Balaban J connectivity index is 2.07. The van der Waals surface area contributed by atoms with E-state index in [2.05, 4.69) is 5.92 Å². The Hall–Kier alpha value is -0.970. The predicted molar refractivity (Wildman–Crippen MR) is 53.1 cm³/mol. The third-order valence-corrected chi connectivity index (χ3v) is 2.42. The van der Waals surface area contributed by atoms with E-state index in [0.717, 1.165) is 32.4 Å². The van der Waals surface area contributed by atoms with Gasteiger partial charge < -0.3 is 4.90 Å². The third-order valence-electron chi connectivity index (χ3n) is 2.42. The van der Waals surface area contributed by atoms with Gasteiger partial charge in [-0.05, 0) is 25.7 Å². The second kappa shape index (κ2) is 5.64. The normalized spacial score (nSPS) is 15.8. The third kappa shape index (κ3) is 3.50. The lowest BCUT2D eigenvalue weighted by molar-refractivity contribution is -0.130. The minimum atomic E-state index is 0.314. The van der Waals surface area contributed by atoms with Gasteiger partial charge in [-0.15, -0.1) is 12.3 Å². The number of amides is 1. The molecule has 1 heterocycles. The summed E-state index contributed by atoms with van der Waals surface area (Å²) in [6, 6.07) is 0. The molecule has 0 aromatic carbocycles. The van der Waals surface area contributed by atoms with E-state index < -0.39 is 0 Å². The van der Waals surface area contributed by atoms with Crippen molar-refractivity contribution in [3.05, 3.63) is 0 Å². The molecule has 0 radical (unpaired) electrons. The molecule has 13 heavy (non-hydrogen) atoms. The van der Waals surface area contributed by atoms with E-state index in [1.165, 1.54) is 12.8 Å². The zero-order chi connectivity index (χ0) is 9.52. The summed E-state index contributed by atoms with van der Waals surface area (Å²) < 4.78 is 0. The number of likely N-dealkylation sites (tertiary alicyclic amines) is 1. The second-order valence-corrected chi connectivity index (χ2v) is 3.50. The zero-order valence-corrected chi connectivity index (χ0v) is 8.09. The van der Waals surface area contributed by atoms with E-state index in [9.17, 15) is 4.79 Å². The van der Waals surface area contributed by atoms with Crippen molar-refractivity contribution in [3.8, 4) is 12.3 Å². The molecule has 0 aromatic rings. The molecule has 1 aliphatic heterocycles. The molecule has 1 rings (SSSR count). The van der Waals surface area contributed by atoms with Crippen molar-refractivity contribution in [2.24, 2.45) is 0 Å². The largest absolute Gasteiger partial charge is 0.343 e. The number of rotatable bonds is 4. The van der Waals surface area contributed by atoms with Gasteiger partial charge in [-0.1, -0.05) is 0 Å². The van der Waals surface area contributed by atoms with Crippen LogP contribution in [0.25, 0.3) is 0 Å². The lowest BCUT2D eigenvalue weighted by Gasteiger charge is -2.14. The van der Waals surface area contributed by atoms with E-state index in [0.29, 0.717) is 12.3 Å². The fourth-order valence-corrected chi connectivity index (χ4v) is 1.63. The lowest BCUT2D eigenvalue weighted by atomic mass is 10.2. The highest BCUT2D eigenvalue weighted by Gasteiger charge is 2.16. The van der Waals surface area contributed by atoms with Gasteiger partial charge in [0.05, 0.1) is 0 Å². The molecule has 0 N–H and O–H groups in total. The number of nitrogens with zero attached hydrogens (tertiary/aromatic N) is 1. The SMILES string of the molecule is C#CCCCCC(=O)N1CCCC1. The Labute approximate surface area is 80.3 Å². The summed E-state index contributed by atoms with van der Waals surface area (Å²) in [7, 11) is 0. The van der Waals surface area contributed by atoms with E-state index in [1.54, 1.807) is 0 Å². The maximum atomic E-state index is 11.5. The van der Waals surface area contributed by atoms with Crippen molar-refractivity contribution in [2.45, 2.75) is 38.5 Å². The Morgan fingerprint density at radius 1 is 1.31 bits per heavy atom. The maximum absolute atomic E-state index is 11.5. The molecule has 1 saturated heterocycles. The van der Waals surface area contributed by atoms with Gasteiger partial charge in [-0.25, -0.2) is 0 Å². The van der Waals surface area contributed by atoms with Crippen LogP contribution in [0, 0.1) is 12.3 Å². The van der Waals surface area contributed by atoms with E-state index in [-0.39, 0.29) is 0 Å². The molecule has 2 heteroatoms. The maximum Gasteiger partial charge on any atom is 0.222 e. The molecule has 0 saturated carbocycles. The van der Waals surface area contributed by atoms with Crippen LogP contribution in [0.5, 0.6) is 0 Å². The molecule has 1 aliphatic rings. The molecular formula is C11H17NO. The summed E-state index contributed by atoms with van der Waals surface area (Å²) in [5, 5.41) is 0. The Morgan fingerprint density at radius 2 is 2.00 bits per heavy atom. The standard InChI is InChI=1S/C11H17NO/c1-2-3-4-5-8-11(13)12-9-6-7-10-12/h1H,3-10H2. The fraction of sp³-hybridized carbons (Fsp3) is 0.727. The number of hydrogen-bond acceptors (Lipinski definition) is 1. The minimum Gasteiger partial charge on any atom is -0.343 e. The molecule has 0 aromatic heterocycles. The monoisotopic (exact) mass is 179 g/mol. The van der Waals surface area contributed by atoms with Crippen molar-refractivity contribution >= 4 is 5.91 Å². The van der Waals surface area contributed by atoms with Crippen molar-refractivity contribution in [1.29, 1.82) is 0 Å². The van der Waals surface area contributed by atoms with Crippen molar-refractivity contribution in [1.82, 2.24) is 4.90 Å². The highest BCUT2D eigenvalue weighted by molar-refractivity contribution is 5.76. The van der Waals surface area contributed by atoms with Crippen molar-refractivity contribution in [2.75, 3.05) is 13.1 Å². The average Bonchev–Trinajstić information content (AvgIpc) is 2.65.